The average molecular weight is 310 g/mol. The highest BCUT2D eigenvalue weighted by Gasteiger charge is 2.09. The summed E-state index contributed by atoms with van der Waals surface area (Å²) in [6.45, 7) is 2.41. The molecule has 1 aromatic heterocycles. The van der Waals surface area contributed by atoms with Gasteiger partial charge in [0.15, 0.2) is 5.16 Å². The van der Waals surface area contributed by atoms with Crippen LogP contribution in [0.5, 0.6) is 0 Å². The maximum atomic E-state index is 12.1. The lowest BCUT2D eigenvalue weighted by Crippen LogP contribution is -2.18. The van der Waals surface area contributed by atoms with E-state index in [1.165, 1.54) is 11.8 Å². The van der Waals surface area contributed by atoms with E-state index >= 15 is 0 Å². The zero-order valence-corrected chi connectivity index (χ0v) is 12.7. The number of aromatic nitrogens is 2. The minimum Gasteiger partial charge on any atom is -0.330 e. The van der Waals surface area contributed by atoms with E-state index in [9.17, 15) is 4.79 Å². The number of halogens is 1. The second-order valence-electron chi connectivity index (χ2n) is 4.38. The zero-order chi connectivity index (χ0) is 14.5. The summed E-state index contributed by atoms with van der Waals surface area (Å²) >= 11 is 7.31. The lowest BCUT2D eigenvalue weighted by molar-refractivity contribution is 0.866. The summed E-state index contributed by atoms with van der Waals surface area (Å²) in [6, 6.07) is 7.47. The maximum absolute atomic E-state index is 12.1. The normalized spacial score (nSPS) is 10.8. The second-order valence-corrected chi connectivity index (χ2v) is 5.90. The Morgan fingerprint density at radius 1 is 1.35 bits per heavy atom. The van der Waals surface area contributed by atoms with Crippen LogP contribution >= 0.6 is 23.4 Å². The molecule has 0 bridgehead atoms. The molecule has 0 aliphatic rings. The molecule has 0 aliphatic carbocycles. The van der Waals surface area contributed by atoms with Crippen LogP contribution in [0.25, 0.3) is 0 Å². The Hall–Kier alpha value is -1.30. The largest absolute Gasteiger partial charge is 0.330 e. The number of nitrogens with two attached hydrogens (primary N) is 1. The van der Waals surface area contributed by atoms with E-state index in [0.717, 1.165) is 17.0 Å². The van der Waals surface area contributed by atoms with Gasteiger partial charge < -0.3 is 10.7 Å². The fourth-order valence-corrected chi connectivity index (χ4v) is 2.63. The number of aryl methyl sites for hydroxylation is 1. The second kappa shape index (κ2) is 6.92. The first-order chi connectivity index (χ1) is 9.60. The van der Waals surface area contributed by atoms with Crippen LogP contribution in [0.3, 0.4) is 0 Å². The van der Waals surface area contributed by atoms with E-state index < -0.39 is 0 Å². The number of benzene rings is 1. The molecular weight excluding hydrogens is 294 g/mol. The van der Waals surface area contributed by atoms with E-state index in [4.69, 9.17) is 17.3 Å². The summed E-state index contributed by atoms with van der Waals surface area (Å²) in [4.78, 5) is 19.3. The number of thioether (sulfide) groups is 1. The van der Waals surface area contributed by atoms with Crippen molar-refractivity contribution in [2.24, 2.45) is 5.73 Å². The van der Waals surface area contributed by atoms with Crippen LogP contribution < -0.4 is 11.3 Å². The van der Waals surface area contributed by atoms with Gasteiger partial charge in [0.2, 0.25) is 0 Å². The highest BCUT2D eigenvalue weighted by Crippen LogP contribution is 2.15. The predicted molar refractivity (Wildman–Crippen MR) is 83.6 cm³/mol. The Morgan fingerprint density at radius 3 is 2.65 bits per heavy atom. The predicted octanol–water partition coefficient (Wildman–Crippen LogP) is 2.37. The SMILES string of the molecule is Cc1nc(SCCN)[nH]c(=O)c1Cc1ccc(Cl)cc1. The van der Waals surface area contributed by atoms with Crippen LogP contribution in [0.2, 0.25) is 5.02 Å². The Balaban J connectivity index is 2.24. The summed E-state index contributed by atoms with van der Waals surface area (Å²) in [5.74, 6) is 0.735. The van der Waals surface area contributed by atoms with Crippen molar-refractivity contribution < 1.29 is 0 Å². The third-order valence-electron chi connectivity index (χ3n) is 2.85. The van der Waals surface area contributed by atoms with Crippen LogP contribution in [-0.4, -0.2) is 22.3 Å². The van der Waals surface area contributed by atoms with Crippen molar-refractivity contribution in [3.63, 3.8) is 0 Å². The number of hydrogen-bond acceptors (Lipinski definition) is 4. The zero-order valence-electron chi connectivity index (χ0n) is 11.1. The van der Waals surface area contributed by atoms with Gasteiger partial charge in [0.25, 0.3) is 5.56 Å². The van der Waals surface area contributed by atoms with Gasteiger partial charge in [-0.15, -0.1) is 0 Å². The van der Waals surface area contributed by atoms with Crippen molar-refractivity contribution in [3.05, 3.63) is 56.5 Å². The Kier molecular flexibility index (Phi) is 5.23. The third kappa shape index (κ3) is 3.85. The number of rotatable bonds is 5. The highest BCUT2D eigenvalue weighted by molar-refractivity contribution is 7.99. The Labute approximate surface area is 126 Å². The fourth-order valence-electron chi connectivity index (χ4n) is 1.82. The van der Waals surface area contributed by atoms with Crippen molar-refractivity contribution >= 4 is 23.4 Å². The van der Waals surface area contributed by atoms with Crippen LogP contribution in [0.4, 0.5) is 0 Å². The van der Waals surface area contributed by atoms with E-state index in [1.54, 1.807) is 0 Å². The molecule has 0 atom stereocenters. The minimum atomic E-state index is -0.0908. The van der Waals surface area contributed by atoms with Gasteiger partial charge in [0.1, 0.15) is 0 Å². The van der Waals surface area contributed by atoms with Gasteiger partial charge in [0.05, 0.1) is 0 Å². The standard InChI is InChI=1S/C14H16ClN3OS/c1-9-12(8-10-2-4-11(15)5-3-10)13(19)18-14(17-9)20-7-6-16/h2-5H,6-8,16H2,1H3,(H,17,18,19). The molecule has 0 amide bonds. The number of nitrogens with one attached hydrogen (secondary N) is 1. The molecule has 1 aromatic carbocycles. The molecule has 0 fully saturated rings. The molecule has 0 unspecified atom stereocenters. The molecule has 2 aromatic rings. The van der Waals surface area contributed by atoms with E-state index in [-0.39, 0.29) is 5.56 Å². The molecule has 106 valence electrons. The topological polar surface area (TPSA) is 71.8 Å². The Morgan fingerprint density at radius 2 is 2.05 bits per heavy atom. The van der Waals surface area contributed by atoms with Crippen molar-refractivity contribution in [1.29, 1.82) is 0 Å². The minimum absolute atomic E-state index is 0.0908. The number of hydrogen-bond donors (Lipinski definition) is 2. The first-order valence-corrected chi connectivity index (χ1v) is 7.63. The summed E-state index contributed by atoms with van der Waals surface area (Å²) in [5.41, 5.74) is 7.83. The quantitative estimate of drug-likeness (QED) is 0.657. The lowest BCUT2D eigenvalue weighted by Gasteiger charge is -2.07. The average Bonchev–Trinajstić information content (AvgIpc) is 2.42. The molecule has 3 N–H and O–H groups in total. The van der Waals surface area contributed by atoms with Gasteiger partial charge in [-0.25, -0.2) is 4.98 Å². The van der Waals surface area contributed by atoms with Crippen LogP contribution in [0.1, 0.15) is 16.8 Å². The maximum Gasteiger partial charge on any atom is 0.255 e. The van der Waals surface area contributed by atoms with Gasteiger partial charge >= 0.3 is 0 Å². The lowest BCUT2D eigenvalue weighted by atomic mass is 10.1. The van der Waals surface area contributed by atoms with Gasteiger partial charge in [-0.05, 0) is 24.6 Å². The third-order valence-corrected chi connectivity index (χ3v) is 4.01. The Bertz CT molecular complexity index is 640. The smallest absolute Gasteiger partial charge is 0.255 e. The summed E-state index contributed by atoms with van der Waals surface area (Å²) in [6.07, 6.45) is 0.549. The monoisotopic (exact) mass is 309 g/mol. The molecule has 0 spiro atoms. The molecule has 4 nitrogen and oxygen atoms in total. The van der Waals surface area contributed by atoms with Crippen molar-refractivity contribution in [2.45, 2.75) is 18.5 Å². The molecule has 0 radical (unpaired) electrons. The van der Waals surface area contributed by atoms with Crippen LogP contribution in [-0.2, 0) is 6.42 Å². The molecule has 1 heterocycles. The molecule has 6 heteroatoms. The van der Waals surface area contributed by atoms with Crippen LogP contribution in [0, 0.1) is 6.92 Å². The van der Waals surface area contributed by atoms with E-state index in [1.807, 2.05) is 31.2 Å². The van der Waals surface area contributed by atoms with E-state index in [2.05, 4.69) is 9.97 Å². The van der Waals surface area contributed by atoms with Gasteiger partial charge in [-0.2, -0.15) is 0 Å². The summed E-state index contributed by atoms with van der Waals surface area (Å²) in [5, 5.41) is 1.31. The first-order valence-electron chi connectivity index (χ1n) is 6.27. The molecule has 0 saturated carbocycles. The number of aromatic amines is 1. The molecular formula is C14H16ClN3OS. The number of nitrogens with zero attached hydrogens (tertiary/aromatic N) is 1. The highest BCUT2D eigenvalue weighted by atomic mass is 35.5. The molecule has 20 heavy (non-hydrogen) atoms. The van der Waals surface area contributed by atoms with Crippen molar-refractivity contribution in [1.82, 2.24) is 9.97 Å². The first kappa shape index (κ1) is 15.1. The summed E-state index contributed by atoms with van der Waals surface area (Å²) < 4.78 is 0. The molecule has 0 saturated heterocycles. The van der Waals surface area contributed by atoms with Crippen molar-refractivity contribution in [2.75, 3.05) is 12.3 Å². The molecule has 0 aliphatic heterocycles. The molecule has 2 rings (SSSR count). The van der Waals surface area contributed by atoms with Gasteiger partial charge in [0, 0.05) is 35.0 Å². The van der Waals surface area contributed by atoms with Gasteiger partial charge in [-0.1, -0.05) is 35.5 Å². The van der Waals surface area contributed by atoms with Gasteiger partial charge in [-0.3, -0.25) is 4.79 Å². The van der Waals surface area contributed by atoms with E-state index in [0.29, 0.717) is 28.7 Å². The fraction of sp³-hybridized carbons (Fsp3) is 0.286. The van der Waals surface area contributed by atoms with Crippen molar-refractivity contribution in [3.8, 4) is 0 Å². The summed E-state index contributed by atoms with van der Waals surface area (Å²) in [7, 11) is 0. The van der Waals surface area contributed by atoms with Crippen LogP contribution in [0.15, 0.2) is 34.2 Å². The number of H-pyrrole nitrogens is 1.